The first-order valence-corrected chi connectivity index (χ1v) is 7.88. The summed E-state index contributed by atoms with van der Waals surface area (Å²) in [6.45, 7) is 0.514. The van der Waals surface area contributed by atoms with Gasteiger partial charge in [0.2, 0.25) is 0 Å². The molecule has 0 aliphatic heterocycles. The summed E-state index contributed by atoms with van der Waals surface area (Å²) >= 11 is 0. The van der Waals surface area contributed by atoms with Crippen molar-refractivity contribution in [3.05, 3.63) is 96.3 Å². The van der Waals surface area contributed by atoms with E-state index in [0.29, 0.717) is 12.2 Å². The first-order chi connectivity index (χ1) is 11.8. The fraction of sp³-hybridized carbons (Fsp3) is 0.100. The summed E-state index contributed by atoms with van der Waals surface area (Å²) in [4.78, 5) is 16.1. The van der Waals surface area contributed by atoms with Crippen LogP contribution in [-0.2, 0) is 0 Å². The van der Waals surface area contributed by atoms with Crippen LogP contribution in [-0.4, -0.2) is 17.6 Å². The lowest BCUT2D eigenvalue weighted by molar-refractivity contribution is 0.252. The Hall–Kier alpha value is -3.14. The van der Waals surface area contributed by atoms with Crippen LogP contribution in [0.2, 0.25) is 0 Å². The molecule has 3 aromatic rings. The normalized spacial score (nSPS) is 10.4. The number of rotatable bonds is 5. The SMILES string of the molecule is O=C(NCC(c1ccccc1)c1ccccc1)Nc1cccnc1. The maximum Gasteiger partial charge on any atom is 0.319 e. The molecule has 0 radical (unpaired) electrons. The van der Waals surface area contributed by atoms with Gasteiger partial charge in [0.25, 0.3) is 0 Å². The number of nitrogens with zero attached hydrogens (tertiary/aromatic N) is 1. The molecule has 0 saturated carbocycles. The first kappa shape index (κ1) is 15.7. The summed E-state index contributed by atoms with van der Waals surface area (Å²) in [6.07, 6.45) is 3.29. The molecule has 2 amide bonds. The largest absolute Gasteiger partial charge is 0.337 e. The van der Waals surface area contributed by atoms with Crippen LogP contribution in [0.3, 0.4) is 0 Å². The van der Waals surface area contributed by atoms with Crippen LogP contribution < -0.4 is 10.6 Å². The Morgan fingerprint density at radius 2 is 1.50 bits per heavy atom. The number of carbonyl (C=O) groups excluding carboxylic acids is 1. The van der Waals surface area contributed by atoms with Crippen LogP contribution in [0.1, 0.15) is 17.0 Å². The zero-order valence-electron chi connectivity index (χ0n) is 13.2. The molecule has 1 aromatic heterocycles. The molecule has 0 unspecified atom stereocenters. The monoisotopic (exact) mass is 317 g/mol. The second-order valence-corrected chi connectivity index (χ2v) is 5.45. The van der Waals surface area contributed by atoms with E-state index in [-0.39, 0.29) is 11.9 Å². The molecule has 24 heavy (non-hydrogen) atoms. The van der Waals surface area contributed by atoms with Gasteiger partial charge in [-0.15, -0.1) is 0 Å². The first-order valence-electron chi connectivity index (χ1n) is 7.88. The number of aromatic nitrogens is 1. The number of pyridine rings is 1. The zero-order chi connectivity index (χ0) is 16.6. The highest BCUT2D eigenvalue weighted by Gasteiger charge is 2.15. The molecule has 2 N–H and O–H groups in total. The maximum absolute atomic E-state index is 12.1. The van der Waals surface area contributed by atoms with Crippen LogP contribution in [0.25, 0.3) is 0 Å². The highest BCUT2D eigenvalue weighted by molar-refractivity contribution is 5.89. The summed E-state index contributed by atoms with van der Waals surface area (Å²) in [5, 5.41) is 5.74. The molecular formula is C20H19N3O. The van der Waals surface area contributed by atoms with E-state index < -0.39 is 0 Å². The Labute approximate surface area is 141 Å². The molecule has 0 atom stereocenters. The van der Waals surface area contributed by atoms with Crippen molar-refractivity contribution >= 4 is 11.7 Å². The molecule has 0 spiro atoms. The fourth-order valence-electron chi connectivity index (χ4n) is 2.61. The molecule has 2 aromatic carbocycles. The molecule has 0 aliphatic carbocycles. The van der Waals surface area contributed by atoms with Gasteiger partial charge < -0.3 is 10.6 Å². The Bertz CT molecular complexity index is 721. The van der Waals surface area contributed by atoms with Crippen LogP contribution in [0.15, 0.2) is 85.2 Å². The molecular weight excluding hydrogens is 298 g/mol. The number of nitrogens with one attached hydrogen (secondary N) is 2. The summed E-state index contributed by atoms with van der Waals surface area (Å²) in [6, 6.07) is 23.7. The third kappa shape index (κ3) is 4.20. The van der Waals surface area contributed by atoms with Crippen molar-refractivity contribution in [2.24, 2.45) is 0 Å². The predicted molar refractivity (Wildman–Crippen MR) is 96.0 cm³/mol. The summed E-state index contributed by atoms with van der Waals surface area (Å²) in [5.41, 5.74) is 3.02. The van der Waals surface area contributed by atoms with E-state index in [9.17, 15) is 4.79 Å². The molecule has 3 rings (SSSR count). The third-order valence-electron chi connectivity index (χ3n) is 3.79. The molecule has 0 saturated heterocycles. The highest BCUT2D eigenvalue weighted by atomic mass is 16.2. The highest BCUT2D eigenvalue weighted by Crippen LogP contribution is 2.23. The molecule has 120 valence electrons. The Morgan fingerprint density at radius 3 is 2.04 bits per heavy atom. The van der Waals surface area contributed by atoms with Crippen LogP contribution in [0, 0.1) is 0 Å². The lowest BCUT2D eigenvalue weighted by Crippen LogP contribution is -2.32. The van der Waals surface area contributed by atoms with E-state index in [1.165, 1.54) is 11.1 Å². The van der Waals surface area contributed by atoms with Gasteiger partial charge in [0.05, 0.1) is 11.9 Å². The number of anilines is 1. The zero-order valence-corrected chi connectivity index (χ0v) is 13.2. The van der Waals surface area contributed by atoms with Crippen LogP contribution in [0.5, 0.6) is 0 Å². The van der Waals surface area contributed by atoms with E-state index in [2.05, 4.69) is 39.9 Å². The smallest absolute Gasteiger partial charge is 0.319 e. The summed E-state index contributed by atoms with van der Waals surface area (Å²) in [7, 11) is 0. The van der Waals surface area contributed by atoms with Gasteiger partial charge in [-0.25, -0.2) is 4.79 Å². The van der Waals surface area contributed by atoms with E-state index in [1.807, 2.05) is 36.4 Å². The lowest BCUT2D eigenvalue weighted by atomic mass is 9.91. The van der Waals surface area contributed by atoms with Crippen LogP contribution >= 0.6 is 0 Å². The van der Waals surface area contributed by atoms with E-state index in [4.69, 9.17) is 0 Å². The van der Waals surface area contributed by atoms with Crippen molar-refractivity contribution in [2.75, 3.05) is 11.9 Å². The van der Waals surface area contributed by atoms with Gasteiger partial charge in [0, 0.05) is 18.7 Å². The summed E-state index contributed by atoms with van der Waals surface area (Å²) in [5.74, 6) is 0.104. The quantitative estimate of drug-likeness (QED) is 0.746. The van der Waals surface area contributed by atoms with Gasteiger partial charge in [-0.05, 0) is 23.3 Å². The number of hydrogen-bond acceptors (Lipinski definition) is 2. The minimum Gasteiger partial charge on any atom is -0.337 e. The second-order valence-electron chi connectivity index (χ2n) is 5.45. The maximum atomic E-state index is 12.1. The second kappa shape index (κ2) is 7.92. The lowest BCUT2D eigenvalue weighted by Gasteiger charge is -2.19. The Morgan fingerprint density at radius 1 is 0.875 bits per heavy atom. The van der Waals surface area contributed by atoms with Gasteiger partial charge in [-0.1, -0.05) is 60.7 Å². The van der Waals surface area contributed by atoms with Crippen molar-refractivity contribution in [1.29, 1.82) is 0 Å². The minimum absolute atomic E-state index is 0.104. The Balaban J connectivity index is 1.70. The van der Waals surface area contributed by atoms with Crippen molar-refractivity contribution in [1.82, 2.24) is 10.3 Å². The third-order valence-corrected chi connectivity index (χ3v) is 3.79. The predicted octanol–water partition coefficient (Wildman–Crippen LogP) is 4.04. The number of hydrogen-bond donors (Lipinski definition) is 2. The van der Waals surface area contributed by atoms with Crippen molar-refractivity contribution in [2.45, 2.75) is 5.92 Å². The van der Waals surface area contributed by atoms with E-state index in [1.54, 1.807) is 24.5 Å². The molecule has 4 heteroatoms. The average Bonchev–Trinajstić information content (AvgIpc) is 2.64. The fourth-order valence-corrected chi connectivity index (χ4v) is 2.61. The molecule has 4 nitrogen and oxygen atoms in total. The van der Waals surface area contributed by atoms with Crippen molar-refractivity contribution in [3.63, 3.8) is 0 Å². The minimum atomic E-state index is -0.236. The topological polar surface area (TPSA) is 54.0 Å². The van der Waals surface area contributed by atoms with Gasteiger partial charge in [0.1, 0.15) is 0 Å². The Kier molecular flexibility index (Phi) is 5.20. The number of carbonyl (C=O) groups is 1. The van der Waals surface area contributed by atoms with Gasteiger partial charge in [-0.3, -0.25) is 4.98 Å². The van der Waals surface area contributed by atoms with Crippen molar-refractivity contribution < 1.29 is 4.79 Å². The number of amides is 2. The molecule has 1 heterocycles. The molecule has 0 aliphatic rings. The van der Waals surface area contributed by atoms with Gasteiger partial charge in [-0.2, -0.15) is 0 Å². The molecule has 0 fully saturated rings. The van der Waals surface area contributed by atoms with E-state index in [0.717, 1.165) is 0 Å². The number of benzene rings is 2. The molecule has 0 bridgehead atoms. The van der Waals surface area contributed by atoms with Gasteiger partial charge >= 0.3 is 6.03 Å². The van der Waals surface area contributed by atoms with E-state index >= 15 is 0 Å². The number of urea groups is 1. The average molecular weight is 317 g/mol. The standard InChI is InChI=1S/C20H19N3O/c24-20(23-18-12-7-13-21-14-18)22-15-19(16-8-3-1-4-9-16)17-10-5-2-6-11-17/h1-14,19H,15H2,(H2,22,23,24). The van der Waals surface area contributed by atoms with Crippen LogP contribution in [0.4, 0.5) is 10.5 Å². The van der Waals surface area contributed by atoms with Crippen molar-refractivity contribution in [3.8, 4) is 0 Å². The van der Waals surface area contributed by atoms with Gasteiger partial charge in [0.15, 0.2) is 0 Å². The summed E-state index contributed by atoms with van der Waals surface area (Å²) < 4.78 is 0.